The summed E-state index contributed by atoms with van der Waals surface area (Å²) in [6, 6.07) is 0. The van der Waals surface area contributed by atoms with Crippen LogP contribution >= 0.6 is 0 Å². The Morgan fingerprint density at radius 3 is 2.86 bits per heavy atom. The maximum absolute atomic E-state index is 12.3. The molecule has 2 rings (SSSR count). The van der Waals surface area contributed by atoms with Crippen LogP contribution in [-0.4, -0.2) is 48.8 Å². The average Bonchev–Trinajstić information content (AvgIpc) is 2.45. The average molecular weight is 313 g/mol. The van der Waals surface area contributed by atoms with Gasteiger partial charge < -0.3 is 4.90 Å². The summed E-state index contributed by atoms with van der Waals surface area (Å²) in [4.78, 5) is 22.1. The van der Waals surface area contributed by atoms with Gasteiger partial charge in [0, 0.05) is 25.8 Å². The summed E-state index contributed by atoms with van der Waals surface area (Å²) < 4.78 is 24.1. The van der Waals surface area contributed by atoms with Crippen LogP contribution in [0.25, 0.3) is 0 Å². The molecule has 1 aromatic heterocycles. The van der Waals surface area contributed by atoms with Gasteiger partial charge in [0.25, 0.3) is 16.1 Å². The third-order valence-corrected chi connectivity index (χ3v) is 3.95. The van der Waals surface area contributed by atoms with E-state index in [0.29, 0.717) is 18.8 Å². The van der Waals surface area contributed by atoms with Gasteiger partial charge in [-0.3, -0.25) is 9.78 Å². The minimum absolute atomic E-state index is 0.0550. The maximum Gasteiger partial charge on any atom is 0.274 e. The first-order valence-electron chi connectivity index (χ1n) is 6.70. The Balaban J connectivity index is 1.97. The number of nitrogens with zero attached hydrogens (tertiary/aromatic N) is 3. The third kappa shape index (κ3) is 4.73. The number of aromatic nitrogens is 2. The van der Waals surface area contributed by atoms with E-state index in [1.807, 2.05) is 0 Å². The van der Waals surface area contributed by atoms with E-state index in [2.05, 4.69) is 14.7 Å². The van der Waals surface area contributed by atoms with Gasteiger partial charge >= 0.3 is 0 Å². The molecule has 9 heteroatoms. The molecule has 0 aromatic carbocycles. The van der Waals surface area contributed by atoms with Crippen molar-refractivity contribution in [3.05, 3.63) is 23.8 Å². The molecule has 0 radical (unpaired) electrons. The molecule has 1 aromatic rings. The third-order valence-electron chi connectivity index (χ3n) is 3.38. The number of hydrogen-bond acceptors (Lipinski definition) is 5. The molecule has 0 aliphatic carbocycles. The summed E-state index contributed by atoms with van der Waals surface area (Å²) >= 11 is 0. The van der Waals surface area contributed by atoms with Crippen molar-refractivity contribution in [1.29, 1.82) is 0 Å². The fourth-order valence-corrected chi connectivity index (χ4v) is 2.78. The van der Waals surface area contributed by atoms with Crippen LogP contribution in [0.15, 0.2) is 12.4 Å². The van der Waals surface area contributed by atoms with Gasteiger partial charge in [-0.15, -0.1) is 0 Å². The minimum atomic E-state index is -3.69. The summed E-state index contributed by atoms with van der Waals surface area (Å²) in [5, 5.41) is 4.91. The normalized spacial score (nSPS) is 19.5. The Hall–Kier alpha value is -1.58. The number of carbonyl (C=O) groups excluding carboxylic acids is 1. The van der Waals surface area contributed by atoms with Gasteiger partial charge in [-0.1, -0.05) is 0 Å². The largest absolute Gasteiger partial charge is 0.337 e. The quantitative estimate of drug-likeness (QED) is 0.771. The number of amides is 1. The molecule has 0 saturated carbocycles. The first-order chi connectivity index (χ1) is 9.85. The molecule has 3 N–H and O–H groups in total. The molecule has 116 valence electrons. The van der Waals surface area contributed by atoms with E-state index in [0.717, 1.165) is 18.5 Å². The van der Waals surface area contributed by atoms with E-state index < -0.39 is 10.2 Å². The molecular weight excluding hydrogens is 294 g/mol. The van der Waals surface area contributed by atoms with E-state index in [1.165, 1.54) is 6.20 Å². The molecule has 21 heavy (non-hydrogen) atoms. The monoisotopic (exact) mass is 313 g/mol. The molecule has 0 spiro atoms. The molecule has 0 bridgehead atoms. The number of hydrogen-bond donors (Lipinski definition) is 2. The number of nitrogens with two attached hydrogens (primary N) is 1. The summed E-state index contributed by atoms with van der Waals surface area (Å²) in [5.41, 5.74) is 1.06. The second-order valence-electron chi connectivity index (χ2n) is 5.20. The van der Waals surface area contributed by atoms with E-state index in [-0.39, 0.29) is 18.4 Å². The lowest BCUT2D eigenvalue weighted by Crippen LogP contribution is -2.44. The van der Waals surface area contributed by atoms with Gasteiger partial charge in [0.15, 0.2) is 0 Å². The van der Waals surface area contributed by atoms with Crippen LogP contribution in [0.5, 0.6) is 0 Å². The van der Waals surface area contributed by atoms with E-state index in [9.17, 15) is 13.2 Å². The van der Waals surface area contributed by atoms with Crippen molar-refractivity contribution in [2.75, 3.05) is 19.6 Å². The van der Waals surface area contributed by atoms with E-state index in [1.54, 1.807) is 18.0 Å². The number of piperidine rings is 1. The summed E-state index contributed by atoms with van der Waals surface area (Å²) in [6.07, 6.45) is 4.69. The van der Waals surface area contributed by atoms with Gasteiger partial charge in [-0.25, -0.2) is 14.8 Å². The molecule has 2 heterocycles. The van der Waals surface area contributed by atoms with Gasteiger partial charge in [0.2, 0.25) is 0 Å². The molecule has 1 amide bonds. The summed E-state index contributed by atoms with van der Waals surface area (Å²) in [5.74, 6) is -0.123. The van der Waals surface area contributed by atoms with Gasteiger partial charge in [-0.05, 0) is 25.7 Å². The van der Waals surface area contributed by atoms with Crippen molar-refractivity contribution in [2.24, 2.45) is 11.1 Å². The highest BCUT2D eigenvalue weighted by molar-refractivity contribution is 7.87. The highest BCUT2D eigenvalue weighted by atomic mass is 32.2. The number of carbonyl (C=O) groups is 1. The summed E-state index contributed by atoms with van der Waals surface area (Å²) in [6.45, 7) is 3.16. The Morgan fingerprint density at radius 2 is 2.24 bits per heavy atom. The first-order valence-corrected chi connectivity index (χ1v) is 8.25. The zero-order chi connectivity index (χ0) is 15.5. The van der Waals surface area contributed by atoms with E-state index in [4.69, 9.17) is 5.14 Å². The van der Waals surface area contributed by atoms with Crippen LogP contribution < -0.4 is 9.86 Å². The van der Waals surface area contributed by atoms with Crippen molar-refractivity contribution < 1.29 is 13.2 Å². The molecule has 1 atom stereocenters. The second-order valence-corrected chi connectivity index (χ2v) is 6.57. The Morgan fingerprint density at radius 1 is 1.48 bits per heavy atom. The van der Waals surface area contributed by atoms with E-state index >= 15 is 0 Å². The Bertz CT molecular complexity index is 602. The molecule has 1 saturated heterocycles. The van der Waals surface area contributed by atoms with Gasteiger partial charge in [-0.2, -0.15) is 8.42 Å². The zero-order valence-corrected chi connectivity index (χ0v) is 12.6. The molecule has 1 aliphatic rings. The highest BCUT2D eigenvalue weighted by Gasteiger charge is 2.25. The van der Waals surface area contributed by atoms with Crippen LogP contribution in [0.3, 0.4) is 0 Å². The van der Waals surface area contributed by atoms with Crippen LogP contribution in [0.2, 0.25) is 0 Å². The number of likely N-dealkylation sites (tertiary alicyclic amines) is 1. The van der Waals surface area contributed by atoms with Crippen molar-refractivity contribution in [1.82, 2.24) is 19.6 Å². The highest BCUT2D eigenvalue weighted by Crippen LogP contribution is 2.17. The second kappa shape index (κ2) is 6.46. The molecule has 1 fully saturated rings. The topological polar surface area (TPSA) is 118 Å². The minimum Gasteiger partial charge on any atom is -0.337 e. The molecular formula is C12H19N5O3S. The first kappa shape index (κ1) is 15.8. The number of nitrogens with one attached hydrogen (secondary N) is 1. The predicted molar refractivity (Wildman–Crippen MR) is 76.5 cm³/mol. The van der Waals surface area contributed by atoms with Crippen LogP contribution in [0.1, 0.15) is 29.0 Å². The smallest absolute Gasteiger partial charge is 0.274 e. The maximum atomic E-state index is 12.3. The number of aryl methyl sites for hydroxylation is 1. The van der Waals surface area contributed by atoms with Crippen LogP contribution in [0, 0.1) is 12.8 Å². The van der Waals surface area contributed by atoms with Crippen LogP contribution in [0.4, 0.5) is 0 Å². The molecule has 1 aliphatic heterocycles. The predicted octanol–water partition coefficient (Wildman–Crippen LogP) is -0.570. The van der Waals surface area contributed by atoms with Crippen molar-refractivity contribution in [2.45, 2.75) is 19.8 Å². The Kier molecular flexibility index (Phi) is 4.86. The fourth-order valence-electron chi connectivity index (χ4n) is 2.32. The SMILES string of the molecule is Cc1cnc(C(=O)N2CCCC(CNS(N)(=O)=O)C2)cn1. The standard InChI is InChI=1S/C12H19N5O3S/c1-9-5-15-11(7-14-9)12(18)17-4-2-3-10(8-17)6-16-21(13,19)20/h5,7,10,16H,2-4,6,8H2,1H3,(H2,13,19,20). The lowest BCUT2D eigenvalue weighted by molar-refractivity contribution is 0.0670. The lowest BCUT2D eigenvalue weighted by atomic mass is 9.98. The van der Waals surface area contributed by atoms with Crippen molar-refractivity contribution in [3.63, 3.8) is 0 Å². The van der Waals surface area contributed by atoms with Crippen LogP contribution in [-0.2, 0) is 10.2 Å². The fraction of sp³-hybridized carbons (Fsp3) is 0.583. The van der Waals surface area contributed by atoms with Crippen molar-refractivity contribution in [3.8, 4) is 0 Å². The zero-order valence-electron chi connectivity index (χ0n) is 11.8. The molecule has 1 unspecified atom stereocenters. The van der Waals surface area contributed by atoms with Gasteiger partial charge in [0.1, 0.15) is 5.69 Å². The van der Waals surface area contributed by atoms with Gasteiger partial charge in [0.05, 0.1) is 11.9 Å². The van der Waals surface area contributed by atoms with Crippen molar-refractivity contribution >= 4 is 16.1 Å². The Labute approximate surface area is 123 Å². The lowest BCUT2D eigenvalue weighted by Gasteiger charge is -2.32. The number of rotatable bonds is 4. The summed E-state index contributed by atoms with van der Waals surface area (Å²) in [7, 11) is -3.69. The molecule has 8 nitrogen and oxygen atoms in total.